The molecule has 2 aliphatic heterocycles. The summed E-state index contributed by atoms with van der Waals surface area (Å²) >= 11 is -2.78. The maximum Gasteiger partial charge on any atom is 0.328 e. The molecule has 0 saturated carbocycles. The minimum atomic E-state index is -2.78. The standard InChI is InChI=1S/C20H24N4O9S/c1-9-7-13(26)24(9)16(19(29)30)20(3,34(31)32)8-21-23-17(28)14-10(2)33-18(22-14)11-5-4-6-12(25)15(11)27/h4-6,8-10,14,16,25,27H,7H2,1-3H3,(H,23,28)(H,29,30)(H,31,32)/b21-8+/t9-,10-,14+,16+,20+/m1/s1. The molecule has 13 nitrogen and oxygen atoms in total. The molecule has 0 aromatic heterocycles. The Hall–Kier alpha value is -3.52. The molecule has 1 saturated heterocycles. The Balaban J connectivity index is 1.79. The summed E-state index contributed by atoms with van der Waals surface area (Å²) in [5, 5.41) is 33.0. The van der Waals surface area contributed by atoms with Crippen LogP contribution in [0.1, 0.15) is 32.8 Å². The van der Waals surface area contributed by atoms with Gasteiger partial charge >= 0.3 is 5.97 Å². The third kappa shape index (κ3) is 4.46. The number of aromatic hydroxyl groups is 2. The van der Waals surface area contributed by atoms with Crippen molar-refractivity contribution < 1.29 is 43.2 Å². The van der Waals surface area contributed by atoms with Gasteiger partial charge < -0.3 is 29.5 Å². The number of aliphatic carboxylic acids is 1. The predicted octanol–water partition coefficient (Wildman–Crippen LogP) is -0.212. The van der Waals surface area contributed by atoms with E-state index in [2.05, 4.69) is 15.5 Å². The van der Waals surface area contributed by atoms with E-state index in [0.29, 0.717) is 0 Å². The molecular formula is C20H24N4O9S. The second-order valence-corrected chi connectivity index (χ2v) is 9.52. The third-order valence-corrected chi connectivity index (χ3v) is 6.75. The summed E-state index contributed by atoms with van der Waals surface area (Å²) in [5.41, 5.74) is 2.22. The topological polar surface area (TPSA) is 198 Å². The molecule has 2 aliphatic rings. The van der Waals surface area contributed by atoms with Crippen LogP contribution in [0, 0.1) is 0 Å². The number of benzene rings is 1. The van der Waals surface area contributed by atoms with Gasteiger partial charge in [-0.3, -0.25) is 9.59 Å². The summed E-state index contributed by atoms with van der Waals surface area (Å²) in [4.78, 5) is 41.5. The number of rotatable bonds is 8. The van der Waals surface area contributed by atoms with Gasteiger partial charge in [0.15, 0.2) is 34.7 Å². The molecule has 6 atom stereocenters. The summed E-state index contributed by atoms with van der Waals surface area (Å²) < 4.78 is 25.4. The minimum absolute atomic E-state index is 0.0755. The highest BCUT2D eigenvalue weighted by molar-refractivity contribution is 7.81. The lowest BCUT2D eigenvalue weighted by Gasteiger charge is -2.46. The van der Waals surface area contributed by atoms with E-state index < -0.39 is 69.3 Å². The molecule has 0 bridgehead atoms. The number of likely N-dealkylation sites (tertiary alicyclic amines) is 1. The van der Waals surface area contributed by atoms with E-state index in [1.165, 1.54) is 25.1 Å². The summed E-state index contributed by atoms with van der Waals surface area (Å²) in [7, 11) is 0. The molecule has 2 heterocycles. The van der Waals surface area contributed by atoms with Gasteiger partial charge in [0.05, 0.1) is 5.56 Å². The molecule has 5 N–H and O–H groups in total. The van der Waals surface area contributed by atoms with Crippen LogP contribution in [0.25, 0.3) is 0 Å². The van der Waals surface area contributed by atoms with E-state index in [-0.39, 0.29) is 17.9 Å². The van der Waals surface area contributed by atoms with Gasteiger partial charge in [0.2, 0.25) is 11.8 Å². The number of hydrogen-bond acceptors (Lipinski definition) is 9. The molecular weight excluding hydrogens is 472 g/mol. The predicted molar refractivity (Wildman–Crippen MR) is 119 cm³/mol. The van der Waals surface area contributed by atoms with Crippen LogP contribution in [0.15, 0.2) is 28.3 Å². The molecule has 184 valence electrons. The Labute approximate surface area is 196 Å². The van der Waals surface area contributed by atoms with E-state index in [1.54, 1.807) is 6.92 Å². The number of amides is 2. The lowest BCUT2D eigenvalue weighted by Crippen LogP contribution is -2.67. The Kier molecular flexibility index (Phi) is 6.93. The number of hydrazone groups is 1. The van der Waals surface area contributed by atoms with Crippen molar-refractivity contribution in [3.05, 3.63) is 23.8 Å². The number of ether oxygens (including phenoxy) is 1. The fraction of sp³-hybridized carbons (Fsp3) is 0.450. The van der Waals surface area contributed by atoms with Crippen molar-refractivity contribution in [1.29, 1.82) is 0 Å². The molecule has 1 fully saturated rings. The summed E-state index contributed by atoms with van der Waals surface area (Å²) in [6.45, 7) is 4.28. The van der Waals surface area contributed by atoms with Crippen molar-refractivity contribution in [2.45, 2.75) is 56.2 Å². The molecule has 3 rings (SSSR count). The van der Waals surface area contributed by atoms with E-state index >= 15 is 0 Å². The number of phenolic OH excluding ortho intramolecular Hbond substituents is 2. The number of nitrogens with one attached hydrogen (secondary N) is 1. The Bertz CT molecular complexity index is 1110. The van der Waals surface area contributed by atoms with E-state index in [1.807, 2.05) is 0 Å². The number of aliphatic imine (C=N–C) groups is 1. The molecule has 0 aliphatic carbocycles. The van der Waals surface area contributed by atoms with Crippen LogP contribution in [-0.2, 0) is 30.2 Å². The van der Waals surface area contributed by atoms with E-state index in [0.717, 1.165) is 18.0 Å². The number of nitrogens with zero attached hydrogens (tertiary/aromatic N) is 3. The fourth-order valence-corrected chi connectivity index (χ4v) is 4.29. The number of hydrogen-bond donors (Lipinski definition) is 5. The lowest BCUT2D eigenvalue weighted by molar-refractivity contribution is -0.161. The van der Waals surface area contributed by atoms with Crippen molar-refractivity contribution >= 4 is 41.0 Å². The summed E-state index contributed by atoms with van der Waals surface area (Å²) in [6.07, 6.45) is 0.140. The van der Waals surface area contributed by atoms with Gasteiger partial charge in [-0.2, -0.15) is 5.10 Å². The number of para-hydroxylation sites is 1. The van der Waals surface area contributed by atoms with Gasteiger partial charge in [-0.05, 0) is 32.9 Å². The largest absolute Gasteiger partial charge is 0.504 e. The third-order valence-electron chi connectivity index (χ3n) is 5.67. The Morgan fingerprint density at radius 1 is 1.38 bits per heavy atom. The van der Waals surface area contributed by atoms with Gasteiger partial charge in [-0.15, -0.1) is 0 Å². The number of phenols is 2. The average molecular weight is 496 g/mol. The molecule has 34 heavy (non-hydrogen) atoms. The van der Waals surface area contributed by atoms with E-state index in [9.17, 15) is 38.5 Å². The van der Waals surface area contributed by atoms with Crippen LogP contribution < -0.4 is 5.43 Å². The van der Waals surface area contributed by atoms with Crippen LogP contribution in [0.4, 0.5) is 0 Å². The van der Waals surface area contributed by atoms with Crippen molar-refractivity contribution in [2.75, 3.05) is 0 Å². The highest BCUT2D eigenvalue weighted by Gasteiger charge is 2.53. The van der Waals surface area contributed by atoms with Crippen molar-refractivity contribution in [3.8, 4) is 11.5 Å². The number of carboxylic acids is 1. The first-order valence-corrected chi connectivity index (χ1v) is 11.2. The molecule has 1 unspecified atom stereocenters. The normalized spacial score (nSPS) is 25.6. The second-order valence-electron chi connectivity index (χ2n) is 8.14. The SMILES string of the molecule is C[C@@H]1CC(=O)N1[C@@H](C(=O)O)[C@](C)(/C=N/NC(=O)[C@H]1N=C(c2cccc(O)c2O)O[C@@H]1C)S(=O)O. The van der Waals surface area contributed by atoms with E-state index in [4.69, 9.17) is 4.74 Å². The molecule has 14 heteroatoms. The molecule has 1 aromatic carbocycles. The summed E-state index contributed by atoms with van der Waals surface area (Å²) in [6, 6.07) is 0.895. The van der Waals surface area contributed by atoms with Crippen molar-refractivity contribution in [3.63, 3.8) is 0 Å². The van der Waals surface area contributed by atoms with Crippen LogP contribution in [-0.4, -0.2) is 87.9 Å². The van der Waals surface area contributed by atoms with Gasteiger partial charge in [0, 0.05) is 18.7 Å². The average Bonchev–Trinajstić information content (AvgIpc) is 3.14. The zero-order valence-electron chi connectivity index (χ0n) is 18.4. The van der Waals surface area contributed by atoms with Crippen molar-refractivity contribution in [2.24, 2.45) is 10.1 Å². The van der Waals surface area contributed by atoms with Crippen molar-refractivity contribution in [1.82, 2.24) is 10.3 Å². The maximum atomic E-state index is 12.6. The maximum absolute atomic E-state index is 12.6. The first-order chi connectivity index (χ1) is 15.9. The smallest absolute Gasteiger partial charge is 0.328 e. The van der Waals surface area contributed by atoms with Gasteiger partial charge in [0.1, 0.15) is 10.9 Å². The summed E-state index contributed by atoms with van der Waals surface area (Å²) in [5.74, 6) is -3.70. The molecule has 1 aromatic rings. The second kappa shape index (κ2) is 9.38. The number of carboxylic acid groups (broad SMARTS) is 1. The van der Waals surface area contributed by atoms with Gasteiger partial charge in [-0.1, -0.05) is 6.07 Å². The highest BCUT2D eigenvalue weighted by Crippen LogP contribution is 2.32. The minimum Gasteiger partial charge on any atom is -0.504 e. The van der Waals surface area contributed by atoms with Crippen LogP contribution in [0.5, 0.6) is 11.5 Å². The number of carbonyl (C=O) groups excluding carboxylic acids is 2. The van der Waals surface area contributed by atoms with Gasteiger partial charge in [0.25, 0.3) is 5.91 Å². The lowest BCUT2D eigenvalue weighted by atomic mass is 9.92. The Morgan fingerprint density at radius 2 is 2.06 bits per heavy atom. The zero-order chi connectivity index (χ0) is 25.4. The van der Waals surface area contributed by atoms with Gasteiger partial charge in [-0.25, -0.2) is 19.4 Å². The van der Waals surface area contributed by atoms with Crippen LogP contribution >= 0.6 is 0 Å². The Morgan fingerprint density at radius 3 is 2.62 bits per heavy atom. The molecule has 0 radical (unpaired) electrons. The quantitative estimate of drug-likeness (QED) is 0.106. The number of carbonyl (C=O) groups is 3. The van der Waals surface area contributed by atoms with Crippen LogP contribution in [0.3, 0.4) is 0 Å². The monoisotopic (exact) mass is 496 g/mol. The first kappa shape index (κ1) is 25.1. The van der Waals surface area contributed by atoms with Crippen LogP contribution in [0.2, 0.25) is 0 Å². The highest BCUT2D eigenvalue weighted by atomic mass is 32.2. The number of β-lactam (4-membered cyclic amide) rings is 1. The fourth-order valence-electron chi connectivity index (χ4n) is 3.74. The first-order valence-electron chi connectivity index (χ1n) is 10.1. The zero-order valence-corrected chi connectivity index (χ0v) is 19.2. The molecule has 2 amide bonds. The molecule has 0 spiro atoms.